The Hall–Kier alpha value is -4.22. The maximum Gasteiger partial charge on any atom is 0.573 e. The second kappa shape index (κ2) is 9.92. The molecule has 0 aliphatic heterocycles. The van der Waals surface area contributed by atoms with Crippen molar-refractivity contribution in [1.82, 2.24) is 14.5 Å². The third-order valence-corrected chi connectivity index (χ3v) is 5.82. The summed E-state index contributed by atoms with van der Waals surface area (Å²) in [6, 6.07) is 11.0. The fraction of sp³-hybridized carbons (Fsp3) is 0.346. The van der Waals surface area contributed by atoms with Gasteiger partial charge in [0.1, 0.15) is 18.6 Å². The lowest BCUT2D eigenvalue weighted by atomic mass is 9.92. The number of esters is 1. The lowest BCUT2D eigenvalue weighted by Gasteiger charge is -2.32. The summed E-state index contributed by atoms with van der Waals surface area (Å²) in [6.45, 7) is 6.96. The standard InChI is InChI=1S/C26H28F3N5O4/c1-24(2,3)21(35)37-15-25(4,17-8-6-9-18(13-17)38-26(27,28)29)33-23-31-19-10-5-7-16(20(19)32-23)14-34-11-12-36-22(34)30/h5-13,30H,14-15H2,1-4H3,(H2,31,32,33). The van der Waals surface area contributed by atoms with Gasteiger partial charge in [-0.25, -0.2) is 4.98 Å². The van der Waals surface area contributed by atoms with E-state index in [1.807, 2.05) is 18.2 Å². The molecular weight excluding hydrogens is 503 g/mol. The molecule has 202 valence electrons. The highest BCUT2D eigenvalue weighted by Gasteiger charge is 2.35. The number of para-hydroxylation sites is 1. The Morgan fingerprint density at radius 2 is 1.89 bits per heavy atom. The van der Waals surface area contributed by atoms with Gasteiger partial charge in [0.15, 0.2) is 0 Å². The van der Waals surface area contributed by atoms with Gasteiger partial charge in [-0.2, -0.15) is 0 Å². The number of benzene rings is 2. The van der Waals surface area contributed by atoms with E-state index in [0.29, 0.717) is 29.1 Å². The fourth-order valence-corrected chi connectivity index (χ4v) is 3.81. The van der Waals surface area contributed by atoms with Crippen LogP contribution in [0.2, 0.25) is 0 Å². The number of hydrogen-bond acceptors (Lipinski definition) is 7. The Morgan fingerprint density at radius 1 is 1.16 bits per heavy atom. The van der Waals surface area contributed by atoms with Gasteiger partial charge in [0.2, 0.25) is 5.95 Å². The minimum Gasteiger partial charge on any atom is -0.462 e. The highest BCUT2D eigenvalue weighted by Crippen LogP contribution is 2.32. The molecule has 0 fully saturated rings. The van der Waals surface area contributed by atoms with Gasteiger partial charge in [-0.05, 0) is 57.0 Å². The van der Waals surface area contributed by atoms with Gasteiger partial charge in [-0.15, -0.1) is 13.2 Å². The zero-order valence-electron chi connectivity index (χ0n) is 21.3. The van der Waals surface area contributed by atoms with Crippen molar-refractivity contribution in [2.45, 2.75) is 46.1 Å². The molecule has 1 atom stereocenters. The number of carbonyl (C=O) groups excluding carboxylic acids is 1. The molecule has 0 amide bonds. The summed E-state index contributed by atoms with van der Waals surface area (Å²) in [5, 5.41) is 11.1. The largest absolute Gasteiger partial charge is 0.573 e. The van der Waals surface area contributed by atoms with Crippen LogP contribution in [0.3, 0.4) is 0 Å². The highest BCUT2D eigenvalue weighted by atomic mass is 19.4. The normalized spacial score (nSPS) is 13.8. The molecular formula is C26H28F3N5O4. The SMILES string of the molecule is CC(C)(C)C(=O)OCC(C)(Nc1nc2c(Cn3ccoc3=N)cccc2[nH]1)c1cccc(OC(F)(F)F)c1. The quantitative estimate of drug-likeness (QED) is 0.266. The van der Waals surface area contributed by atoms with E-state index in [4.69, 9.17) is 14.6 Å². The monoisotopic (exact) mass is 531 g/mol. The van der Waals surface area contributed by atoms with Gasteiger partial charge < -0.3 is 24.2 Å². The number of nitrogens with zero attached hydrogens (tertiary/aromatic N) is 2. The second-order valence-electron chi connectivity index (χ2n) is 10.1. The molecule has 9 nitrogen and oxygen atoms in total. The summed E-state index contributed by atoms with van der Waals surface area (Å²) in [7, 11) is 0. The summed E-state index contributed by atoms with van der Waals surface area (Å²) in [5.41, 5.74) is 0.550. The number of rotatable bonds is 8. The van der Waals surface area contributed by atoms with Crippen LogP contribution in [0.15, 0.2) is 59.3 Å². The van der Waals surface area contributed by atoms with Crippen molar-refractivity contribution >= 4 is 23.0 Å². The van der Waals surface area contributed by atoms with E-state index in [1.165, 1.54) is 24.5 Å². The topological polar surface area (TPSA) is 118 Å². The number of anilines is 1. The van der Waals surface area contributed by atoms with Crippen LogP contribution in [0, 0.1) is 10.8 Å². The first-order chi connectivity index (χ1) is 17.7. The van der Waals surface area contributed by atoms with Crippen LogP contribution in [0.1, 0.15) is 38.8 Å². The summed E-state index contributed by atoms with van der Waals surface area (Å²) in [4.78, 5) is 20.4. The lowest BCUT2D eigenvalue weighted by molar-refractivity contribution is -0.274. The molecule has 4 aromatic rings. The highest BCUT2D eigenvalue weighted by molar-refractivity contribution is 5.81. The Bertz CT molecular complexity index is 1500. The molecule has 38 heavy (non-hydrogen) atoms. The molecule has 0 radical (unpaired) electrons. The van der Waals surface area contributed by atoms with Gasteiger partial charge in [0.25, 0.3) is 5.68 Å². The van der Waals surface area contributed by atoms with Gasteiger partial charge in [-0.3, -0.25) is 14.8 Å². The Labute approximate surface area is 216 Å². The zero-order valence-corrected chi connectivity index (χ0v) is 21.3. The Kier molecular flexibility index (Phi) is 7.00. The van der Waals surface area contributed by atoms with Crippen molar-refractivity contribution in [3.05, 3.63) is 71.7 Å². The first-order valence-electron chi connectivity index (χ1n) is 11.7. The lowest BCUT2D eigenvalue weighted by Crippen LogP contribution is -2.40. The van der Waals surface area contributed by atoms with Crippen LogP contribution in [0.4, 0.5) is 19.1 Å². The maximum atomic E-state index is 12.9. The number of hydrogen-bond donors (Lipinski definition) is 3. The molecule has 0 saturated carbocycles. The molecule has 0 saturated heterocycles. The summed E-state index contributed by atoms with van der Waals surface area (Å²) >= 11 is 0. The van der Waals surface area contributed by atoms with Crippen molar-refractivity contribution in [2.24, 2.45) is 5.41 Å². The van der Waals surface area contributed by atoms with Gasteiger partial charge in [-0.1, -0.05) is 24.3 Å². The van der Waals surface area contributed by atoms with E-state index in [-0.39, 0.29) is 12.3 Å². The third-order valence-electron chi connectivity index (χ3n) is 5.82. The van der Waals surface area contributed by atoms with Crippen LogP contribution >= 0.6 is 0 Å². The van der Waals surface area contributed by atoms with E-state index < -0.39 is 29.0 Å². The van der Waals surface area contributed by atoms with Crippen LogP contribution in [0.25, 0.3) is 11.0 Å². The average molecular weight is 532 g/mol. The van der Waals surface area contributed by atoms with Crippen molar-refractivity contribution < 1.29 is 31.9 Å². The number of aromatic amines is 1. The fourth-order valence-electron chi connectivity index (χ4n) is 3.81. The minimum absolute atomic E-state index is 0.00918. The second-order valence-corrected chi connectivity index (χ2v) is 10.1. The molecule has 0 aliphatic carbocycles. The Balaban J connectivity index is 1.69. The van der Waals surface area contributed by atoms with E-state index in [1.54, 1.807) is 44.5 Å². The van der Waals surface area contributed by atoms with E-state index >= 15 is 0 Å². The van der Waals surface area contributed by atoms with Crippen LogP contribution in [-0.2, 0) is 21.6 Å². The summed E-state index contributed by atoms with van der Waals surface area (Å²) < 4.78 is 55.0. The zero-order chi connectivity index (χ0) is 27.7. The number of aromatic nitrogens is 3. The summed E-state index contributed by atoms with van der Waals surface area (Å²) in [6.07, 6.45) is -1.80. The van der Waals surface area contributed by atoms with Crippen LogP contribution < -0.4 is 15.7 Å². The molecule has 3 N–H and O–H groups in total. The van der Waals surface area contributed by atoms with Crippen molar-refractivity contribution in [3.8, 4) is 5.75 Å². The third kappa shape index (κ3) is 6.18. The van der Waals surface area contributed by atoms with Gasteiger partial charge in [0.05, 0.1) is 28.5 Å². The molecule has 2 aromatic heterocycles. The average Bonchev–Trinajstić information content (AvgIpc) is 3.41. The number of alkyl halides is 3. The van der Waals surface area contributed by atoms with E-state index in [0.717, 1.165) is 5.56 Å². The number of H-pyrrole nitrogens is 1. The summed E-state index contributed by atoms with van der Waals surface area (Å²) in [5.74, 6) is -0.559. The first-order valence-corrected chi connectivity index (χ1v) is 11.7. The first kappa shape index (κ1) is 26.8. The molecule has 2 heterocycles. The molecule has 4 rings (SSSR count). The predicted octanol–water partition coefficient (Wildman–Crippen LogP) is 5.30. The maximum absolute atomic E-state index is 12.9. The molecule has 12 heteroatoms. The number of imidazole rings is 1. The smallest absolute Gasteiger partial charge is 0.462 e. The van der Waals surface area contributed by atoms with Crippen LogP contribution in [0.5, 0.6) is 5.75 Å². The van der Waals surface area contributed by atoms with Crippen LogP contribution in [-0.4, -0.2) is 33.5 Å². The van der Waals surface area contributed by atoms with Gasteiger partial charge in [0, 0.05) is 6.20 Å². The number of halogens is 3. The number of carbonyl (C=O) groups is 1. The van der Waals surface area contributed by atoms with Crippen molar-refractivity contribution in [3.63, 3.8) is 0 Å². The number of oxazole rings is 1. The van der Waals surface area contributed by atoms with Gasteiger partial charge >= 0.3 is 12.3 Å². The van der Waals surface area contributed by atoms with Crippen molar-refractivity contribution in [1.29, 1.82) is 5.41 Å². The number of ether oxygens (including phenoxy) is 2. The predicted molar refractivity (Wildman–Crippen MR) is 132 cm³/mol. The molecule has 1 unspecified atom stereocenters. The van der Waals surface area contributed by atoms with E-state index in [9.17, 15) is 18.0 Å². The minimum atomic E-state index is -4.86. The number of fused-ring (bicyclic) bond motifs is 1. The Morgan fingerprint density at radius 3 is 2.55 bits per heavy atom. The van der Waals surface area contributed by atoms with Crippen molar-refractivity contribution in [2.75, 3.05) is 11.9 Å². The molecule has 0 bridgehead atoms. The molecule has 0 aliphatic rings. The molecule has 2 aromatic carbocycles. The number of nitrogens with one attached hydrogen (secondary N) is 3. The molecule has 0 spiro atoms. The van der Waals surface area contributed by atoms with E-state index in [2.05, 4.69) is 20.0 Å².